The molecule has 2 aromatic carbocycles. The van der Waals surface area contributed by atoms with E-state index in [2.05, 4.69) is 18.5 Å². The summed E-state index contributed by atoms with van der Waals surface area (Å²) >= 11 is 0. The molecule has 0 radical (unpaired) electrons. The zero-order chi connectivity index (χ0) is 17.6. The molecule has 0 saturated carbocycles. The molecule has 3 rings (SSSR count). The SMILES string of the molecule is C=Cc1ccc(COC2=CC(=O)N[C@H]2Cc2ccccc2)cc1C=C. The van der Waals surface area contributed by atoms with Gasteiger partial charge in [-0.3, -0.25) is 4.79 Å². The average molecular weight is 331 g/mol. The highest BCUT2D eigenvalue weighted by atomic mass is 16.5. The van der Waals surface area contributed by atoms with Gasteiger partial charge in [-0.05, 0) is 34.7 Å². The highest BCUT2D eigenvalue weighted by molar-refractivity contribution is 5.91. The van der Waals surface area contributed by atoms with Crippen LogP contribution in [0.2, 0.25) is 0 Å². The smallest absolute Gasteiger partial charge is 0.248 e. The number of hydrogen-bond acceptors (Lipinski definition) is 2. The second-order valence-electron chi connectivity index (χ2n) is 5.96. The Hall–Kier alpha value is -3.07. The van der Waals surface area contributed by atoms with Crippen LogP contribution in [0.1, 0.15) is 22.3 Å². The molecule has 1 heterocycles. The summed E-state index contributed by atoms with van der Waals surface area (Å²) in [6, 6.07) is 16.0. The summed E-state index contributed by atoms with van der Waals surface area (Å²) in [7, 11) is 0. The van der Waals surface area contributed by atoms with Crippen molar-refractivity contribution < 1.29 is 9.53 Å². The van der Waals surface area contributed by atoms with Gasteiger partial charge in [0.05, 0.1) is 6.04 Å². The fourth-order valence-electron chi connectivity index (χ4n) is 2.90. The van der Waals surface area contributed by atoms with Crippen molar-refractivity contribution in [1.82, 2.24) is 5.32 Å². The van der Waals surface area contributed by atoms with Crippen LogP contribution >= 0.6 is 0 Å². The van der Waals surface area contributed by atoms with Gasteiger partial charge in [0.1, 0.15) is 12.4 Å². The van der Waals surface area contributed by atoms with Crippen LogP contribution in [0.3, 0.4) is 0 Å². The zero-order valence-electron chi connectivity index (χ0n) is 14.1. The van der Waals surface area contributed by atoms with Gasteiger partial charge in [-0.25, -0.2) is 0 Å². The minimum Gasteiger partial charge on any atom is -0.491 e. The third kappa shape index (κ3) is 4.07. The lowest BCUT2D eigenvalue weighted by molar-refractivity contribution is -0.116. The van der Waals surface area contributed by atoms with Crippen LogP contribution in [-0.2, 0) is 22.6 Å². The number of hydrogen-bond donors (Lipinski definition) is 1. The molecule has 1 atom stereocenters. The topological polar surface area (TPSA) is 38.3 Å². The summed E-state index contributed by atoms with van der Waals surface area (Å²) in [6.07, 6.45) is 5.87. The molecule has 1 aliphatic heterocycles. The summed E-state index contributed by atoms with van der Waals surface area (Å²) in [5, 5.41) is 2.94. The van der Waals surface area contributed by atoms with E-state index in [4.69, 9.17) is 4.74 Å². The van der Waals surface area contributed by atoms with Crippen molar-refractivity contribution in [1.29, 1.82) is 0 Å². The second-order valence-corrected chi connectivity index (χ2v) is 5.96. The maximum atomic E-state index is 11.8. The van der Waals surface area contributed by atoms with Crippen LogP contribution in [0.4, 0.5) is 0 Å². The minimum atomic E-state index is -0.124. The van der Waals surface area contributed by atoms with Crippen LogP contribution in [0.25, 0.3) is 12.2 Å². The number of carbonyl (C=O) groups excluding carboxylic acids is 1. The van der Waals surface area contributed by atoms with Crippen molar-refractivity contribution in [2.24, 2.45) is 0 Å². The van der Waals surface area contributed by atoms with Gasteiger partial charge in [-0.1, -0.05) is 67.8 Å². The van der Waals surface area contributed by atoms with Gasteiger partial charge < -0.3 is 10.1 Å². The largest absolute Gasteiger partial charge is 0.491 e. The molecular weight excluding hydrogens is 310 g/mol. The Morgan fingerprint density at radius 3 is 2.48 bits per heavy atom. The molecule has 0 saturated heterocycles. The van der Waals surface area contributed by atoms with Gasteiger partial charge in [0.25, 0.3) is 0 Å². The highest BCUT2D eigenvalue weighted by Crippen LogP contribution is 2.20. The first kappa shape index (κ1) is 16.8. The molecule has 0 spiro atoms. The fraction of sp³-hybridized carbons (Fsp3) is 0.136. The number of amides is 1. The number of ether oxygens (including phenoxy) is 1. The van der Waals surface area contributed by atoms with Gasteiger partial charge >= 0.3 is 0 Å². The summed E-state index contributed by atoms with van der Waals surface area (Å²) in [5.74, 6) is 0.575. The summed E-state index contributed by atoms with van der Waals surface area (Å²) in [6.45, 7) is 8.04. The molecule has 0 unspecified atom stereocenters. The normalized spacial score (nSPS) is 16.1. The Labute approximate surface area is 148 Å². The van der Waals surface area contributed by atoms with E-state index in [9.17, 15) is 4.79 Å². The average Bonchev–Trinajstić information content (AvgIpc) is 2.99. The van der Waals surface area contributed by atoms with E-state index in [-0.39, 0.29) is 11.9 Å². The molecule has 126 valence electrons. The minimum absolute atomic E-state index is 0.107. The van der Waals surface area contributed by atoms with Gasteiger partial charge in [0.15, 0.2) is 0 Å². The molecule has 3 nitrogen and oxygen atoms in total. The molecular formula is C22H21NO2. The van der Waals surface area contributed by atoms with Crippen molar-refractivity contribution in [3.63, 3.8) is 0 Å². The lowest BCUT2D eigenvalue weighted by Crippen LogP contribution is -2.31. The number of rotatable bonds is 7. The Bertz CT molecular complexity index is 821. The second kappa shape index (κ2) is 7.67. The van der Waals surface area contributed by atoms with Crippen molar-refractivity contribution in [3.05, 3.63) is 95.8 Å². The molecule has 0 aliphatic carbocycles. The van der Waals surface area contributed by atoms with Crippen molar-refractivity contribution in [2.45, 2.75) is 19.1 Å². The molecule has 1 aliphatic rings. The van der Waals surface area contributed by atoms with Crippen LogP contribution in [0.15, 0.2) is 73.5 Å². The van der Waals surface area contributed by atoms with Crippen molar-refractivity contribution in [3.8, 4) is 0 Å². The predicted octanol–water partition coefficient (Wildman–Crippen LogP) is 4.11. The van der Waals surface area contributed by atoms with Gasteiger partial charge in [-0.2, -0.15) is 0 Å². The van der Waals surface area contributed by atoms with E-state index in [1.54, 1.807) is 18.2 Å². The standard InChI is InChI=1S/C22H21NO2/c1-3-18-11-10-17(12-19(18)4-2)15-25-21-14-22(24)23-20(21)13-16-8-6-5-7-9-16/h3-12,14,20H,1-2,13,15H2,(H,23,24)/t20-/m0/s1. The molecule has 0 aromatic heterocycles. The molecule has 0 bridgehead atoms. The monoisotopic (exact) mass is 331 g/mol. The Kier molecular flexibility index (Phi) is 5.14. The number of nitrogens with one attached hydrogen (secondary N) is 1. The van der Waals surface area contributed by atoms with Gasteiger partial charge in [0.2, 0.25) is 5.91 Å². The van der Waals surface area contributed by atoms with E-state index in [1.165, 1.54) is 0 Å². The molecule has 25 heavy (non-hydrogen) atoms. The van der Waals surface area contributed by atoms with Gasteiger partial charge in [0, 0.05) is 6.08 Å². The molecule has 2 aromatic rings. The lowest BCUT2D eigenvalue weighted by Gasteiger charge is -2.17. The first-order valence-electron chi connectivity index (χ1n) is 8.26. The van der Waals surface area contributed by atoms with E-state index < -0.39 is 0 Å². The molecule has 0 fully saturated rings. The number of benzene rings is 2. The first-order valence-corrected chi connectivity index (χ1v) is 8.26. The Balaban J connectivity index is 1.68. The number of carbonyl (C=O) groups is 1. The molecule has 1 N–H and O–H groups in total. The summed E-state index contributed by atoms with van der Waals surface area (Å²) in [5.41, 5.74) is 4.25. The first-order chi connectivity index (χ1) is 12.2. The maximum Gasteiger partial charge on any atom is 0.248 e. The Morgan fingerprint density at radius 2 is 1.76 bits per heavy atom. The Morgan fingerprint density at radius 1 is 1.00 bits per heavy atom. The zero-order valence-corrected chi connectivity index (χ0v) is 14.1. The molecule has 1 amide bonds. The quantitative estimate of drug-likeness (QED) is 0.829. The van der Waals surface area contributed by atoms with Crippen molar-refractivity contribution >= 4 is 18.1 Å². The fourth-order valence-corrected chi connectivity index (χ4v) is 2.90. The van der Waals surface area contributed by atoms with Crippen molar-refractivity contribution in [2.75, 3.05) is 0 Å². The maximum absolute atomic E-state index is 11.8. The van der Waals surface area contributed by atoms with Crippen LogP contribution in [0, 0.1) is 0 Å². The third-order valence-electron chi connectivity index (χ3n) is 4.21. The van der Waals surface area contributed by atoms with Gasteiger partial charge in [-0.15, -0.1) is 0 Å². The highest BCUT2D eigenvalue weighted by Gasteiger charge is 2.25. The van der Waals surface area contributed by atoms with Crippen LogP contribution in [0.5, 0.6) is 0 Å². The summed E-state index contributed by atoms with van der Waals surface area (Å²) < 4.78 is 5.93. The van der Waals surface area contributed by atoms with Crippen LogP contribution in [-0.4, -0.2) is 11.9 Å². The summed E-state index contributed by atoms with van der Waals surface area (Å²) in [4.78, 5) is 11.8. The third-order valence-corrected chi connectivity index (χ3v) is 4.21. The van der Waals surface area contributed by atoms with E-state index in [0.29, 0.717) is 18.8 Å². The van der Waals surface area contributed by atoms with E-state index >= 15 is 0 Å². The molecule has 3 heteroatoms. The van der Waals surface area contributed by atoms with E-state index in [1.807, 2.05) is 48.5 Å². The predicted molar refractivity (Wildman–Crippen MR) is 102 cm³/mol. The van der Waals surface area contributed by atoms with E-state index in [0.717, 1.165) is 22.3 Å². The van der Waals surface area contributed by atoms with Crippen LogP contribution < -0.4 is 5.32 Å². The lowest BCUT2D eigenvalue weighted by atomic mass is 10.0.